The highest BCUT2D eigenvalue weighted by Gasteiger charge is 2.20. The fraction of sp³-hybridized carbons (Fsp3) is 0.158. The number of nitrogens with one attached hydrogen (secondary N) is 2. The Labute approximate surface area is 246 Å². The number of aryl methyl sites for hydroxylation is 6. The number of aromatic nitrogens is 4. The smallest absolute Gasteiger partial charge is 0.0738 e. The highest BCUT2D eigenvalue weighted by atomic mass is 14.8. The first-order valence-electron chi connectivity index (χ1n) is 14.5. The van der Waals surface area contributed by atoms with Gasteiger partial charge in [0.25, 0.3) is 0 Å². The Balaban J connectivity index is 1.68. The summed E-state index contributed by atoms with van der Waals surface area (Å²) in [7, 11) is 0. The molecule has 0 amide bonds. The van der Waals surface area contributed by atoms with Crippen molar-refractivity contribution in [3.63, 3.8) is 0 Å². The van der Waals surface area contributed by atoms with Gasteiger partial charge in [-0.25, -0.2) is 9.97 Å². The standard InChI is InChI=1S/C38H34N4/c1-21-15-23(3)35(24(4)16-21)37-31-11-9-29(40-31)19-27-7-8-28(39-27)20-30-10-12-32(41-30)38(34-14-13-33(37)42-34)36-25(5)17-22(2)18-26(36)6/h7-20,39-40H,1-6H3. The molecule has 7 rings (SSSR count). The minimum absolute atomic E-state index is 0.914. The Morgan fingerprint density at radius 1 is 0.429 bits per heavy atom. The van der Waals surface area contributed by atoms with Crippen molar-refractivity contribution in [2.75, 3.05) is 0 Å². The van der Waals surface area contributed by atoms with Gasteiger partial charge in [-0.1, -0.05) is 35.4 Å². The van der Waals surface area contributed by atoms with Crippen LogP contribution in [-0.4, -0.2) is 19.9 Å². The number of benzene rings is 2. The Hall–Kier alpha value is -4.96. The van der Waals surface area contributed by atoms with Crippen molar-refractivity contribution in [1.29, 1.82) is 0 Å². The first-order valence-corrected chi connectivity index (χ1v) is 14.5. The lowest BCUT2D eigenvalue weighted by Gasteiger charge is -2.14. The number of nitrogens with zero attached hydrogens (tertiary/aromatic N) is 2. The third-order valence-electron chi connectivity index (χ3n) is 8.25. The summed E-state index contributed by atoms with van der Waals surface area (Å²) < 4.78 is 0. The van der Waals surface area contributed by atoms with Crippen LogP contribution in [0.1, 0.15) is 56.2 Å². The van der Waals surface area contributed by atoms with Crippen LogP contribution in [-0.2, 0) is 0 Å². The van der Waals surface area contributed by atoms with Crippen LogP contribution in [0, 0.1) is 41.5 Å². The van der Waals surface area contributed by atoms with Crippen molar-refractivity contribution in [3.8, 4) is 22.3 Å². The molecule has 0 spiro atoms. The van der Waals surface area contributed by atoms with Crippen LogP contribution in [0.5, 0.6) is 0 Å². The monoisotopic (exact) mass is 546 g/mol. The molecule has 42 heavy (non-hydrogen) atoms. The molecule has 206 valence electrons. The number of rotatable bonds is 2. The molecule has 0 saturated heterocycles. The molecule has 5 aromatic rings. The second-order valence-electron chi connectivity index (χ2n) is 11.8. The zero-order chi connectivity index (χ0) is 29.1. The summed E-state index contributed by atoms with van der Waals surface area (Å²) in [6, 6.07) is 21.8. The molecule has 2 aromatic carbocycles. The Bertz CT molecular complexity index is 2100. The van der Waals surface area contributed by atoms with E-state index < -0.39 is 0 Å². The lowest BCUT2D eigenvalue weighted by atomic mass is 9.92. The summed E-state index contributed by atoms with van der Waals surface area (Å²) in [5, 5.41) is 0. The van der Waals surface area contributed by atoms with E-state index in [-0.39, 0.29) is 0 Å². The van der Waals surface area contributed by atoms with Gasteiger partial charge in [0.1, 0.15) is 0 Å². The maximum absolute atomic E-state index is 5.38. The molecular formula is C38H34N4. The lowest BCUT2D eigenvalue weighted by molar-refractivity contribution is 1.25. The summed E-state index contributed by atoms with van der Waals surface area (Å²) >= 11 is 0. The maximum Gasteiger partial charge on any atom is 0.0738 e. The molecule has 2 aliphatic heterocycles. The molecule has 8 bridgehead atoms. The normalized spacial score (nSPS) is 12.3. The largest absolute Gasteiger partial charge is 0.355 e. The summed E-state index contributed by atoms with van der Waals surface area (Å²) in [5.41, 5.74) is 19.9. The summed E-state index contributed by atoms with van der Waals surface area (Å²) in [4.78, 5) is 17.7. The minimum atomic E-state index is 0.914. The topological polar surface area (TPSA) is 57.4 Å². The zero-order valence-corrected chi connectivity index (χ0v) is 25.0. The van der Waals surface area contributed by atoms with Crippen LogP contribution < -0.4 is 0 Å². The van der Waals surface area contributed by atoms with Crippen LogP contribution in [0.15, 0.2) is 60.7 Å². The van der Waals surface area contributed by atoms with Gasteiger partial charge >= 0.3 is 0 Å². The van der Waals surface area contributed by atoms with Crippen LogP contribution in [0.3, 0.4) is 0 Å². The minimum Gasteiger partial charge on any atom is -0.355 e. The van der Waals surface area contributed by atoms with Gasteiger partial charge in [-0.05, 0) is 136 Å². The van der Waals surface area contributed by atoms with Gasteiger partial charge in [-0.15, -0.1) is 0 Å². The third kappa shape index (κ3) is 4.50. The van der Waals surface area contributed by atoms with E-state index in [0.717, 1.165) is 56.0 Å². The molecule has 0 fully saturated rings. The van der Waals surface area contributed by atoms with Crippen molar-refractivity contribution >= 4 is 46.4 Å². The molecule has 0 radical (unpaired) electrons. The van der Waals surface area contributed by atoms with Crippen molar-refractivity contribution in [1.82, 2.24) is 19.9 Å². The molecule has 2 aliphatic rings. The van der Waals surface area contributed by atoms with Crippen molar-refractivity contribution < 1.29 is 0 Å². The molecule has 4 heteroatoms. The number of H-pyrrole nitrogens is 2. The van der Waals surface area contributed by atoms with Crippen LogP contribution in [0.4, 0.5) is 0 Å². The molecule has 0 atom stereocenters. The van der Waals surface area contributed by atoms with Crippen molar-refractivity contribution in [2.45, 2.75) is 41.5 Å². The number of aromatic amines is 2. The zero-order valence-electron chi connectivity index (χ0n) is 25.0. The summed E-state index contributed by atoms with van der Waals surface area (Å²) in [6.45, 7) is 13.1. The number of hydrogen-bond acceptors (Lipinski definition) is 2. The number of fused-ring (bicyclic) bond motifs is 8. The second kappa shape index (κ2) is 9.85. The van der Waals surface area contributed by atoms with Gasteiger partial charge in [0, 0.05) is 33.2 Å². The van der Waals surface area contributed by atoms with E-state index in [4.69, 9.17) is 9.97 Å². The van der Waals surface area contributed by atoms with Gasteiger partial charge in [0.05, 0.1) is 22.8 Å². The van der Waals surface area contributed by atoms with Gasteiger partial charge in [0.2, 0.25) is 0 Å². The van der Waals surface area contributed by atoms with Crippen molar-refractivity contribution in [2.24, 2.45) is 0 Å². The molecule has 3 aromatic heterocycles. The van der Waals surface area contributed by atoms with Gasteiger partial charge < -0.3 is 9.97 Å². The van der Waals surface area contributed by atoms with E-state index in [1.807, 2.05) is 0 Å². The predicted octanol–water partition coefficient (Wildman–Crippen LogP) is 9.84. The Morgan fingerprint density at radius 3 is 1.55 bits per heavy atom. The Morgan fingerprint density at radius 2 is 0.905 bits per heavy atom. The van der Waals surface area contributed by atoms with Crippen LogP contribution >= 0.6 is 0 Å². The fourth-order valence-electron chi connectivity index (χ4n) is 6.74. The maximum atomic E-state index is 5.38. The van der Waals surface area contributed by atoms with Crippen LogP contribution in [0.2, 0.25) is 0 Å². The van der Waals surface area contributed by atoms with E-state index in [1.165, 1.54) is 44.5 Å². The molecule has 4 nitrogen and oxygen atoms in total. The fourth-order valence-corrected chi connectivity index (χ4v) is 6.74. The Kier molecular flexibility index (Phi) is 6.09. The van der Waals surface area contributed by atoms with Crippen molar-refractivity contribution in [3.05, 3.63) is 117 Å². The first kappa shape index (κ1) is 26.0. The third-order valence-corrected chi connectivity index (χ3v) is 8.25. The second-order valence-corrected chi connectivity index (χ2v) is 11.8. The average Bonchev–Trinajstić information content (AvgIpc) is 3.72. The average molecular weight is 547 g/mol. The predicted molar refractivity (Wildman–Crippen MR) is 178 cm³/mol. The first-order chi connectivity index (χ1) is 20.2. The van der Waals surface area contributed by atoms with E-state index in [0.29, 0.717) is 0 Å². The molecule has 0 saturated carbocycles. The molecular weight excluding hydrogens is 512 g/mol. The molecule has 0 unspecified atom stereocenters. The highest BCUT2D eigenvalue weighted by Crippen LogP contribution is 2.39. The van der Waals surface area contributed by atoms with E-state index in [2.05, 4.69) is 136 Å². The summed E-state index contributed by atoms with van der Waals surface area (Å²) in [5.74, 6) is 0. The van der Waals surface area contributed by atoms with E-state index in [9.17, 15) is 0 Å². The van der Waals surface area contributed by atoms with Crippen LogP contribution in [0.25, 0.3) is 68.6 Å². The summed E-state index contributed by atoms with van der Waals surface area (Å²) in [6.07, 6.45) is 8.54. The van der Waals surface area contributed by atoms with Gasteiger partial charge in [0.15, 0.2) is 0 Å². The quantitative estimate of drug-likeness (QED) is 0.227. The highest BCUT2D eigenvalue weighted by molar-refractivity contribution is 5.96. The molecule has 5 heterocycles. The molecule has 0 aliphatic carbocycles. The molecule has 2 N–H and O–H groups in total. The van der Waals surface area contributed by atoms with E-state index >= 15 is 0 Å². The van der Waals surface area contributed by atoms with Gasteiger partial charge in [-0.3, -0.25) is 0 Å². The lowest BCUT2D eigenvalue weighted by Crippen LogP contribution is -1.96. The number of hydrogen-bond donors (Lipinski definition) is 2. The van der Waals surface area contributed by atoms with E-state index in [1.54, 1.807) is 0 Å². The SMILES string of the molecule is Cc1cc(C)c(-c2c3nc(cc4ccc(cc5ccc([nH]5)c(-c5c(C)cc(C)cc5C)c5nc2C=C5)[nH]4)C=C3)c(C)c1. The van der Waals surface area contributed by atoms with Gasteiger partial charge in [-0.2, -0.15) is 0 Å².